The highest BCUT2D eigenvalue weighted by Gasteiger charge is 2.41. The van der Waals surface area contributed by atoms with Gasteiger partial charge < -0.3 is 10.4 Å². The van der Waals surface area contributed by atoms with Gasteiger partial charge in [0.05, 0.1) is 16.1 Å². The van der Waals surface area contributed by atoms with Crippen molar-refractivity contribution in [3.05, 3.63) is 33.3 Å². The number of nitrogens with one attached hydrogen (secondary N) is 1. The fourth-order valence-corrected chi connectivity index (χ4v) is 4.49. The Morgan fingerprint density at radius 2 is 2.25 bits per heavy atom. The molecule has 0 aromatic heterocycles. The van der Waals surface area contributed by atoms with E-state index >= 15 is 0 Å². The molecule has 2 unspecified atom stereocenters. The second-order valence-corrected chi connectivity index (χ2v) is 7.22. The second-order valence-electron chi connectivity index (χ2n) is 5.33. The summed E-state index contributed by atoms with van der Waals surface area (Å²) < 4.78 is 0. The minimum Gasteiger partial charge on any atom is -0.379 e. The van der Waals surface area contributed by atoms with Crippen LogP contribution in [0.4, 0.5) is 0 Å². The minimum atomic E-state index is -1.22. The Labute approximate surface area is 132 Å². The molecular formula is C14H15Cl2NO2S. The molecule has 2 aliphatic rings. The summed E-state index contributed by atoms with van der Waals surface area (Å²) >= 11 is 13.8. The molecule has 6 heteroatoms. The number of aliphatic hydroxyl groups is 1. The highest BCUT2D eigenvalue weighted by atomic mass is 35.5. The summed E-state index contributed by atoms with van der Waals surface area (Å²) in [4.78, 5) is 12.3. The average Bonchev–Trinajstić information content (AvgIpc) is 3.02. The van der Waals surface area contributed by atoms with Gasteiger partial charge in [-0.25, -0.2) is 0 Å². The van der Waals surface area contributed by atoms with Crippen LogP contribution < -0.4 is 5.32 Å². The zero-order chi connectivity index (χ0) is 14.3. The van der Waals surface area contributed by atoms with Gasteiger partial charge in [0, 0.05) is 5.75 Å². The molecule has 0 radical (unpaired) electrons. The molecule has 1 amide bonds. The van der Waals surface area contributed by atoms with Crippen LogP contribution in [0, 0.1) is 0 Å². The molecule has 20 heavy (non-hydrogen) atoms. The van der Waals surface area contributed by atoms with E-state index in [1.807, 2.05) is 6.07 Å². The summed E-state index contributed by atoms with van der Waals surface area (Å²) in [6.07, 6.45) is 2.11. The van der Waals surface area contributed by atoms with E-state index in [1.54, 1.807) is 17.8 Å². The predicted molar refractivity (Wildman–Crippen MR) is 82.6 cm³/mol. The SMILES string of the molecule is O=C(NC1CCc2c1ccc(Cl)c2Cl)C1(O)CCSC1. The number of carbonyl (C=O) groups is 1. The maximum absolute atomic E-state index is 12.3. The van der Waals surface area contributed by atoms with Crippen LogP contribution in [0.15, 0.2) is 12.1 Å². The van der Waals surface area contributed by atoms with Crippen molar-refractivity contribution in [2.75, 3.05) is 11.5 Å². The first kappa shape index (κ1) is 14.5. The summed E-state index contributed by atoms with van der Waals surface area (Å²) in [5.74, 6) is 1.03. The molecule has 3 rings (SSSR count). The number of rotatable bonds is 2. The van der Waals surface area contributed by atoms with E-state index in [-0.39, 0.29) is 11.9 Å². The van der Waals surface area contributed by atoms with Crippen molar-refractivity contribution in [1.82, 2.24) is 5.32 Å². The number of amides is 1. The van der Waals surface area contributed by atoms with Crippen LogP contribution >= 0.6 is 35.0 Å². The lowest BCUT2D eigenvalue weighted by molar-refractivity contribution is -0.138. The van der Waals surface area contributed by atoms with Crippen LogP contribution in [0.25, 0.3) is 0 Å². The number of hydrogen-bond donors (Lipinski definition) is 2. The van der Waals surface area contributed by atoms with Crippen molar-refractivity contribution in [3.8, 4) is 0 Å². The Hall–Kier alpha value is -0.420. The summed E-state index contributed by atoms with van der Waals surface area (Å²) in [7, 11) is 0. The van der Waals surface area contributed by atoms with E-state index in [0.717, 1.165) is 29.7 Å². The van der Waals surface area contributed by atoms with Gasteiger partial charge >= 0.3 is 0 Å². The fourth-order valence-electron chi connectivity index (χ4n) is 2.81. The quantitative estimate of drug-likeness (QED) is 0.875. The fraction of sp³-hybridized carbons (Fsp3) is 0.500. The number of benzene rings is 1. The third-order valence-electron chi connectivity index (χ3n) is 4.02. The third kappa shape index (κ3) is 2.43. The number of halogens is 2. The van der Waals surface area contributed by atoms with E-state index in [9.17, 15) is 9.90 Å². The van der Waals surface area contributed by atoms with Gasteiger partial charge in [0.25, 0.3) is 5.91 Å². The van der Waals surface area contributed by atoms with E-state index in [2.05, 4.69) is 5.32 Å². The Bertz CT molecular complexity index is 558. The van der Waals surface area contributed by atoms with Crippen molar-refractivity contribution < 1.29 is 9.90 Å². The summed E-state index contributed by atoms with van der Waals surface area (Å²) in [6, 6.07) is 3.59. The number of fused-ring (bicyclic) bond motifs is 1. The Morgan fingerprint density at radius 3 is 2.95 bits per heavy atom. The van der Waals surface area contributed by atoms with Gasteiger partial charge in [-0.3, -0.25) is 4.79 Å². The molecule has 2 N–H and O–H groups in total. The van der Waals surface area contributed by atoms with Crippen molar-refractivity contribution in [1.29, 1.82) is 0 Å². The Balaban J connectivity index is 1.79. The van der Waals surface area contributed by atoms with E-state index in [1.165, 1.54) is 0 Å². The van der Waals surface area contributed by atoms with Gasteiger partial charge in [-0.1, -0.05) is 29.3 Å². The molecule has 1 aliphatic carbocycles. The van der Waals surface area contributed by atoms with Crippen molar-refractivity contribution >= 4 is 40.9 Å². The van der Waals surface area contributed by atoms with E-state index < -0.39 is 5.60 Å². The predicted octanol–water partition coefficient (Wildman–Crippen LogP) is 2.96. The van der Waals surface area contributed by atoms with Gasteiger partial charge in [0.1, 0.15) is 0 Å². The molecule has 1 aromatic carbocycles. The minimum absolute atomic E-state index is 0.0816. The molecule has 1 aromatic rings. The van der Waals surface area contributed by atoms with Crippen LogP contribution in [-0.4, -0.2) is 28.1 Å². The largest absolute Gasteiger partial charge is 0.379 e. The second kappa shape index (κ2) is 5.41. The van der Waals surface area contributed by atoms with Gasteiger partial charge in [-0.05, 0) is 42.2 Å². The van der Waals surface area contributed by atoms with Gasteiger partial charge in [-0.15, -0.1) is 0 Å². The lowest BCUT2D eigenvalue weighted by atomic mass is 10.0. The molecule has 108 valence electrons. The van der Waals surface area contributed by atoms with Crippen LogP contribution in [0.1, 0.15) is 30.0 Å². The normalized spacial score (nSPS) is 28.4. The Morgan fingerprint density at radius 1 is 1.45 bits per heavy atom. The molecule has 0 saturated carbocycles. The van der Waals surface area contributed by atoms with Crippen LogP contribution in [0.3, 0.4) is 0 Å². The summed E-state index contributed by atoms with van der Waals surface area (Å²) in [6.45, 7) is 0. The zero-order valence-electron chi connectivity index (χ0n) is 10.8. The molecule has 1 saturated heterocycles. The summed E-state index contributed by atoms with van der Waals surface area (Å²) in [5, 5.41) is 14.4. The average molecular weight is 332 g/mol. The molecule has 2 atom stereocenters. The first-order valence-electron chi connectivity index (χ1n) is 6.59. The third-order valence-corrected chi connectivity index (χ3v) is 6.04. The Kier molecular flexibility index (Phi) is 3.93. The maximum Gasteiger partial charge on any atom is 0.253 e. The van der Waals surface area contributed by atoms with Crippen molar-refractivity contribution in [2.24, 2.45) is 0 Å². The van der Waals surface area contributed by atoms with E-state index in [0.29, 0.717) is 22.2 Å². The standard InChI is InChI=1S/C14H15Cl2NO2S/c15-10-3-1-8-9(12(10)16)2-4-11(8)17-13(18)14(19)5-6-20-7-14/h1,3,11,19H,2,4-7H2,(H,17,18). The van der Waals surface area contributed by atoms with Gasteiger partial charge in [0.15, 0.2) is 5.60 Å². The smallest absolute Gasteiger partial charge is 0.253 e. The monoisotopic (exact) mass is 331 g/mol. The lowest BCUT2D eigenvalue weighted by Gasteiger charge is -2.23. The van der Waals surface area contributed by atoms with Crippen LogP contribution in [-0.2, 0) is 11.2 Å². The summed E-state index contributed by atoms with van der Waals surface area (Å²) in [5.41, 5.74) is 0.808. The van der Waals surface area contributed by atoms with Gasteiger partial charge in [0.2, 0.25) is 0 Å². The van der Waals surface area contributed by atoms with Crippen LogP contribution in [0.2, 0.25) is 10.0 Å². The molecule has 3 nitrogen and oxygen atoms in total. The topological polar surface area (TPSA) is 49.3 Å². The number of hydrogen-bond acceptors (Lipinski definition) is 3. The van der Waals surface area contributed by atoms with Crippen molar-refractivity contribution in [2.45, 2.75) is 30.9 Å². The van der Waals surface area contributed by atoms with E-state index in [4.69, 9.17) is 23.2 Å². The van der Waals surface area contributed by atoms with Crippen LogP contribution in [0.5, 0.6) is 0 Å². The van der Waals surface area contributed by atoms with Gasteiger partial charge in [-0.2, -0.15) is 11.8 Å². The number of thioether (sulfide) groups is 1. The lowest BCUT2D eigenvalue weighted by Crippen LogP contribution is -2.47. The van der Waals surface area contributed by atoms with Crippen molar-refractivity contribution in [3.63, 3.8) is 0 Å². The zero-order valence-corrected chi connectivity index (χ0v) is 13.1. The molecular weight excluding hydrogens is 317 g/mol. The molecule has 1 aliphatic heterocycles. The first-order chi connectivity index (χ1) is 9.51. The molecule has 1 heterocycles. The highest BCUT2D eigenvalue weighted by molar-refractivity contribution is 7.99. The number of carbonyl (C=O) groups excluding carboxylic acids is 1. The first-order valence-corrected chi connectivity index (χ1v) is 8.50. The highest BCUT2D eigenvalue weighted by Crippen LogP contribution is 2.39. The molecule has 1 fully saturated rings. The maximum atomic E-state index is 12.3. The molecule has 0 spiro atoms. The molecule has 0 bridgehead atoms.